The highest BCUT2D eigenvalue weighted by molar-refractivity contribution is 5.94. The number of hydrogen-bond donors (Lipinski definition) is 2. The van der Waals surface area contributed by atoms with E-state index in [0.717, 1.165) is 24.1 Å². The molecule has 29 heavy (non-hydrogen) atoms. The molecule has 0 spiro atoms. The molecule has 0 saturated heterocycles. The molecule has 2 rings (SSSR count). The summed E-state index contributed by atoms with van der Waals surface area (Å²) in [5.74, 6) is -1.05. The van der Waals surface area contributed by atoms with E-state index < -0.39 is 12.3 Å². The van der Waals surface area contributed by atoms with E-state index in [1.54, 1.807) is 7.05 Å². The zero-order valence-electron chi connectivity index (χ0n) is 16.0. The zero-order valence-corrected chi connectivity index (χ0v) is 16.0. The van der Waals surface area contributed by atoms with Gasteiger partial charge in [-0.2, -0.15) is 0 Å². The minimum absolute atomic E-state index is 0.00130. The number of anilines is 2. The van der Waals surface area contributed by atoms with Crippen LogP contribution in [0.5, 0.6) is 5.75 Å². The van der Waals surface area contributed by atoms with Crippen LogP contribution in [0.15, 0.2) is 48.5 Å². The molecule has 0 saturated carbocycles. The second kappa shape index (κ2) is 9.92. The van der Waals surface area contributed by atoms with Crippen LogP contribution in [0, 0.1) is 0 Å². The van der Waals surface area contributed by atoms with Gasteiger partial charge in [-0.05, 0) is 55.4 Å². The lowest BCUT2D eigenvalue weighted by Gasteiger charge is -2.16. The van der Waals surface area contributed by atoms with Crippen molar-refractivity contribution in [2.75, 3.05) is 30.8 Å². The standard InChI is InChI=1S/C20H22F3N3O3/c1-3-14-4-6-15(7-5-14)24-18(27)12-26(2)13-19(28)25-16-8-10-17(11-9-16)29-20(21,22)23/h4-11H,3,12-13H2,1-2H3,(H,24,27)(H,25,28). The number of benzene rings is 2. The lowest BCUT2D eigenvalue weighted by Crippen LogP contribution is -2.36. The highest BCUT2D eigenvalue weighted by atomic mass is 19.4. The highest BCUT2D eigenvalue weighted by Gasteiger charge is 2.30. The van der Waals surface area contributed by atoms with Crippen LogP contribution >= 0.6 is 0 Å². The predicted octanol–water partition coefficient (Wildman–Crippen LogP) is 3.66. The van der Waals surface area contributed by atoms with Crippen molar-refractivity contribution in [1.82, 2.24) is 4.90 Å². The van der Waals surface area contributed by atoms with Crippen molar-refractivity contribution in [3.8, 4) is 5.75 Å². The molecule has 0 aliphatic rings. The Labute approximate surface area is 166 Å². The van der Waals surface area contributed by atoms with E-state index in [1.165, 1.54) is 17.0 Å². The van der Waals surface area contributed by atoms with Gasteiger partial charge in [0, 0.05) is 11.4 Å². The summed E-state index contributed by atoms with van der Waals surface area (Å²) in [6, 6.07) is 12.3. The Morgan fingerprint density at radius 3 is 1.76 bits per heavy atom. The van der Waals surface area contributed by atoms with Gasteiger partial charge >= 0.3 is 6.36 Å². The molecule has 2 N–H and O–H groups in total. The normalized spacial score (nSPS) is 11.2. The van der Waals surface area contributed by atoms with Crippen molar-refractivity contribution in [3.05, 3.63) is 54.1 Å². The Bertz CT molecular complexity index is 822. The summed E-state index contributed by atoms with van der Waals surface area (Å²) >= 11 is 0. The van der Waals surface area contributed by atoms with Crippen LogP contribution in [0.2, 0.25) is 0 Å². The molecule has 0 heterocycles. The number of likely N-dealkylation sites (N-methyl/N-ethyl adjacent to an activating group) is 1. The molecule has 6 nitrogen and oxygen atoms in total. The average molecular weight is 409 g/mol. The number of rotatable bonds is 8. The fourth-order valence-electron chi connectivity index (χ4n) is 2.51. The van der Waals surface area contributed by atoms with Gasteiger partial charge in [0.25, 0.3) is 0 Å². The number of carbonyl (C=O) groups is 2. The maximum absolute atomic E-state index is 12.1. The SMILES string of the molecule is CCc1ccc(NC(=O)CN(C)CC(=O)Nc2ccc(OC(F)(F)F)cc2)cc1. The Hall–Kier alpha value is -3.07. The smallest absolute Gasteiger partial charge is 0.406 e. The molecular formula is C20H22F3N3O3. The van der Waals surface area contributed by atoms with E-state index in [4.69, 9.17) is 0 Å². The molecule has 0 unspecified atom stereocenters. The molecule has 2 aromatic rings. The van der Waals surface area contributed by atoms with Crippen LogP contribution in [0.4, 0.5) is 24.5 Å². The maximum Gasteiger partial charge on any atom is 0.573 e. The number of nitrogens with one attached hydrogen (secondary N) is 2. The van der Waals surface area contributed by atoms with Crippen molar-refractivity contribution in [2.45, 2.75) is 19.7 Å². The van der Waals surface area contributed by atoms with Gasteiger partial charge in [-0.15, -0.1) is 13.2 Å². The van der Waals surface area contributed by atoms with Crippen LogP contribution in [-0.4, -0.2) is 43.2 Å². The van der Waals surface area contributed by atoms with Crippen molar-refractivity contribution < 1.29 is 27.5 Å². The first-order valence-electron chi connectivity index (χ1n) is 8.87. The lowest BCUT2D eigenvalue weighted by atomic mass is 10.1. The first-order valence-corrected chi connectivity index (χ1v) is 8.87. The van der Waals surface area contributed by atoms with Crippen LogP contribution in [0.3, 0.4) is 0 Å². The summed E-state index contributed by atoms with van der Waals surface area (Å²) in [5, 5.41) is 5.30. The van der Waals surface area contributed by atoms with Crippen molar-refractivity contribution in [1.29, 1.82) is 0 Å². The second-order valence-electron chi connectivity index (χ2n) is 6.39. The highest BCUT2D eigenvalue weighted by Crippen LogP contribution is 2.23. The van der Waals surface area contributed by atoms with Crippen molar-refractivity contribution in [3.63, 3.8) is 0 Å². The number of hydrogen-bond acceptors (Lipinski definition) is 4. The molecule has 0 fully saturated rings. The van der Waals surface area contributed by atoms with Gasteiger partial charge < -0.3 is 15.4 Å². The van der Waals surface area contributed by atoms with E-state index in [-0.39, 0.29) is 24.7 Å². The molecule has 0 aromatic heterocycles. The lowest BCUT2D eigenvalue weighted by molar-refractivity contribution is -0.274. The topological polar surface area (TPSA) is 70.7 Å². The zero-order chi connectivity index (χ0) is 21.4. The number of halogens is 3. The Morgan fingerprint density at radius 1 is 0.897 bits per heavy atom. The summed E-state index contributed by atoms with van der Waals surface area (Å²) < 4.78 is 40.2. The van der Waals surface area contributed by atoms with Crippen LogP contribution in [-0.2, 0) is 16.0 Å². The van der Waals surface area contributed by atoms with E-state index >= 15 is 0 Å². The van der Waals surface area contributed by atoms with Crippen molar-refractivity contribution in [2.24, 2.45) is 0 Å². The van der Waals surface area contributed by atoms with Crippen molar-refractivity contribution >= 4 is 23.2 Å². The average Bonchev–Trinajstić information content (AvgIpc) is 2.62. The number of amides is 2. The van der Waals surface area contributed by atoms with Gasteiger partial charge in [-0.25, -0.2) is 0 Å². The molecule has 0 atom stereocenters. The van der Waals surface area contributed by atoms with E-state index in [1.807, 2.05) is 31.2 Å². The summed E-state index contributed by atoms with van der Waals surface area (Å²) in [7, 11) is 1.61. The Balaban J connectivity index is 1.78. The first-order chi connectivity index (χ1) is 13.6. The molecule has 156 valence electrons. The fraction of sp³-hybridized carbons (Fsp3) is 0.300. The van der Waals surface area contributed by atoms with Gasteiger partial charge in [0.1, 0.15) is 5.75 Å². The summed E-state index contributed by atoms with van der Waals surface area (Å²) in [5.41, 5.74) is 2.15. The molecule has 2 aromatic carbocycles. The molecule has 0 bridgehead atoms. The third kappa shape index (κ3) is 8.22. The summed E-state index contributed by atoms with van der Waals surface area (Å²) in [4.78, 5) is 25.6. The third-order valence-corrected chi connectivity index (χ3v) is 3.84. The number of ether oxygens (including phenoxy) is 1. The van der Waals surface area contributed by atoms with Gasteiger partial charge in [-0.1, -0.05) is 19.1 Å². The summed E-state index contributed by atoms with van der Waals surface area (Å²) in [6.07, 6.45) is -3.86. The van der Waals surface area contributed by atoms with E-state index in [2.05, 4.69) is 15.4 Å². The molecule has 2 amide bonds. The summed E-state index contributed by atoms with van der Waals surface area (Å²) in [6.45, 7) is 1.97. The second-order valence-corrected chi connectivity index (χ2v) is 6.39. The Kier molecular flexibility index (Phi) is 7.60. The Morgan fingerprint density at radius 2 is 1.34 bits per heavy atom. The molecule has 9 heteroatoms. The molecule has 0 radical (unpaired) electrons. The minimum atomic E-state index is -4.77. The first kappa shape index (κ1) is 22.2. The van der Waals surface area contributed by atoms with E-state index in [9.17, 15) is 22.8 Å². The number of aryl methyl sites for hydroxylation is 1. The number of carbonyl (C=O) groups excluding carboxylic acids is 2. The van der Waals surface area contributed by atoms with Gasteiger partial charge in [0.05, 0.1) is 13.1 Å². The van der Waals surface area contributed by atoms with Crippen LogP contribution < -0.4 is 15.4 Å². The van der Waals surface area contributed by atoms with Crippen LogP contribution in [0.25, 0.3) is 0 Å². The molecule has 0 aliphatic heterocycles. The molecule has 0 aliphatic carbocycles. The maximum atomic E-state index is 12.1. The third-order valence-electron chi connectivity index (χ3n) is 3.84. The number of alkyl halides is 3. The number of nitrogens with zero attached hydrogens (tertiary/aromatic N) is 1. The largest absolute Gasteiger partial charge is 0.573 e. The van der Waals surface area contributed by atoms with E-state index in [0.29, 0.717) is 11.4 Å². The monoisotopic (exact) mass is 409 g/mol. The fourth-order valence-corrected chi connectivity index (χ4v) is 2.51. The van der Waals surface area contributed by atoms with Gasteiger partial charge in [0.15, 0.2) is 0 Å². The van der Waals surface area contributed by atoms with Gasteiger partial charge in [0.2, 0.25) is 11.8 Å². The quantitative estimate of drug-likeness (QED) is 0.698. The predicted molar refractivity (Wildman–Crippen MR) is 104 cm³/mol. The van der Waals surface area contributed by atoms with Gasteiger partial charge in [-0.3, -0.25) is 14.5 Å². The van der Waals surface area contributed by atoms with Crippen LogP contribution in [0.1, 0.15) is 12.5 Å². The minimum Gasteiger partial charge on any atom is -0.406 e. The molecular weight excluding hydrogens is 387 g/mol.